The summed E-state index contributed by atoms with van der Waals surface area (Å²) >= 11 is 0. The van der Waals surface area contributed by atoms with Gasteiger partial charge in [-0.3, -0.25) is 14.6 Å². The molecule has 5 rings (SSSR count). The summed E-state index contributed by atoms with van der Waals surface area (Å²) in [4.78, 5) is 31.9. The van der Waals surface area contributed by atoms with Crippen LogP contribution < -0.4 is 10.1 Å². The quantitative estimate of drug-likeness (QED) is 0.319. The van der Waals surface area contributed by atoms with E-state index in [1.54, 1.807) is 18.3 Å². The first-order valence-corrected chi connectivity index (χ1v) is 13.4. The molecule has 39 heavy (non-hydrogen) atoms. The van der Waals surface area contributed by atoms with Gasteiger partial charge in [-0.25, -0.2) is 0 Å². The molecule has 1 N–H and O–H groups in total. The van der Waals surface area contributed by atoms with Crippen LogP contribution in [0.15, 0.2) is 89.5 Å². The van der Waals surface area contributed by atoms with E-state index in [1.807, 2.05) is 67.3 Å². The third-order valence-corrected chi connectivity index (χ3v) is 6.90. The van der Waals surface area contributed by atoms with Gasteiger partial charge in [0.15, 0.2) is 5.76 Å². The lowest BCUT2D eigenvalue weighted by Gasteiger charge is -2.39. The van der Waals surface area contributed by atoms with Gasteiger partial charge >= 0.3 is 0 Å². The molecule has 1 aliphatic rings. The van der Waals surface area contributed by atoms with Crippen LogP contribution in [0.2, 0.25) is 0 Å². The zero-order chi connectivity index (χ0) is 27.2. The fourth-order valence-electron chi connectivity index (χ4n) is 4.92. The van der Waals surface area contributed by atoms with Crippen molar-refractivity contribution < 1.29 is 18.7 Å². The topological polar surface area (TPSA) is 84.7 Å². The number of furan rings is 1. The van der Waals surface area contributed by atoms with Crippen LogP contribution in [-0.2, 0) is 24.2 Å². The van der Waals surface area contributed by atoms with Gasteiger partial charge in [0.05, 0.1) is 6.04 Å². The van der Waals surface area contributed by atoms with E-state index < -0.39 is 0 Å². The smallest absolute Gasteiger partial charge is 0.287 e. The second-order valence-electron chi connectivity index (χ2n) is 9.99. The predicted molar refractivity (Wildman–Crippen MR) is 148 cm³/mol. The van der Waals surface area contributed by atoms with Crippen LogP contribution in [0, 0.1) is 5.92 Å². The molecule has 2 aromatic carbocycles. The third-order valence-electron chi connectivity index (χ3n) is 6.90. The third kappa shape index (κ3) is 6.20. The Hall–Kier alpha value is -4.39. The lowest BCUT2D eigenvalue weighted by Crippen LogP contribution is -2.42. The van der Waals surface area contributed by atoms with Crippen molar-refractivity contribution >= 4 is 11.8 Å². The molecular weight excluding hydrogens is 490 g/mol. The highest BCUT2D eigenvalue weighted by Gasteiger charge is 2.33. The summed E-state index contributed by atoms with van der Waals surface area (Å²) in [7, 11) is 0. The van der Waals surface area contributed by atoms with E-state index in [9.17, 15) is 9.59 Å². The molecule has 2 aromatic heterocycles. The summed E-state index contributed by atoms with van der Waals surface area (Å²) in [5.74, 6) is 1.27. The van der Waals surface area contributed by atoms with Crippen molar-refractivity contribution in [2.24, 2.45) is 5.92 Å². The van der Waals surface area contributed by atoms with Crippen LogP contribution in [0.5, 0.6) is 5.75 Å². The Morgan fingerprint density at radius 1 is 1.05 bits per heavy atom. The number of carbonyl (C=O) groups excluding carboxylic acids is 2. The second-order valence-corrected chi connectivity index (χ2v) is 9.99. The number of hydrogen-bond acceptors (Lipinski definition) is 5. The van der Waals surface area contributed by atoms with E-state index in [4.69, 9.17) is 9.15 Å². The zero-order valence-electron chi connectivity index (χ0n) is 22.3. The highest BCUT2D eigenvalue weighted by atomic mass is 16.5. The molecule has 200 valence electrons. The van der Waals surface area contributed by atoms with Crippen molar-refractivity contribution in [3.05, 3.63) is 119 Å². The largest absolute Gasteiger partial charge is 0.486 e. The fourth-order valence-corrected chi connectivity index (χ4v) is 4.92. The van der Waals surface area contributed by atoms with Gasteiger partial charge in [0.25, 0.3) is 5.91 Å². The predicted octanol–water partition coefficient (Wildman–Crippen LogP) is 5.36. The highest BCUT2D eigenvalue weighted by Crippen LogP contribution is 2.38. The molecule has 7 heteroatoms. The molecule has 0 saturated carbocycles. The van der Waals surface area contributed by atoms with Gasteiger partial charge in [0.2, 0.25) is 5.91 Å². The Labute approximate surface area is 228 Å². The number of pyridine rings is 1. The number of nitrogens with zero attached hydrogens (tertiary/aromatic N) is 2. The maximum Gasteiger partial charge on any atom is 0.287 e. The molecule has 0 radical (unpaired) electrons. The second kappa shape index (κ2) is 12.0. The standard InChI is InChI=1S/C32H33N3O4/c1-22(2)32(37)35-19-16-23-11-12-26(20-28(23)30(35)24-8-4-3-5-9-24)38-21-27-13-14-29(39-27)31(36)34-18-15-25-10-6-7-17-33-25/h3-14,17,20,22,30H,15-16,18-19,21H2,1-2H3,(H,34,36). The van der Waals surface area contributed by atoms with Crippen molar-refractivity contribution in [1.82, 2.24) is 15.2 Å². The Balaban J connectivity index is 1.26. The maximum atomic E-state index is 13.1. The summed E-state index contributed by atoms with van der Waals surface area (Å²) in [6.07, 6.45) is 3.18. The highest BCUT2D eigenvalue weighted by molar-refractivity contribution is 5.91. The molecule has 0 spiro atoms. The van der Waals surface area contributed by atoms with Gasteiger partial charge in [0, 0.05) is 37.3 Å². The Morgan fingerprint density at radius 3 is 2.64 bits per heavy atom. The number of nitrogens with one attached hydrogen (secondary N) is 1. The molecular formula is C32H33N3O4. The number of rotatable bonds is 9. The van der Waals surface area contributed by atoms with E-state index in [0.29, 0.717) is 31.0 Å². The van der Waals surface area contributed by atoms with Gasteiger partial charge in [-0.1, -0.05) is 56.3 Å². The number of amides is 2. The molecule has 1 unspecified atom stereocenters. The number of aromatic nitrogens is 1. The van der Waals surface area contributed by atoms with Crippen molar-refractivity contribution in [1.29, 1.82) is 0 Å². The monoisotopic (exact) mass is 523 g/mol. The number of benzene rings is 2. The summed E-state index contributed by atoms with van der Waals surface area (Å²) < 4.78 is 11.8. The van der Waals surface area contributed by atoms with E-state index in [0.717, 1.165) is 23.2 Å². The van der Waals surface area contributed by atoms with Crippen LogP contribution in [0.25, 0.3) is 0 Å². The first kappa shape index (κ1) is 26.2. The molecule has 3 heterocycles. The maximum absolute atomic E-state index is 13.1. The van der Waals surface area contributed by atoms with Gasteiger partial charge in [0.1, 0.15) is 18.1 Å². The van der Waals surface area contributed by atoms with Crippen LogP contribution in [0.4, 0.5) is 0 Å². The van der Waals surface area contributed by atoms with E-state index >= 15 is 0 Å². The molecule has 2 amide bonds. The van der Waals surface area contributed by atoms with Crippen molar-refractivity contribution in [2.75, 3.05) is 13.1 Å². The normalized spacial score (nSPS) is 14.6. The number of fused-ring (bicyclic) bond motifs is 1. The Morgan fingerprint density at radius 2 is 1.87 bits per heavy atom. The molecule has 7 nitrogen and oxygen atoms in total. The lowest BCUT2D eigenvalue weighted by atomic mass is 9.87. The Bertz CT molecular complexity index is 1420. The average Bonchev–Trinajstić information content (AvgIpc) is 3.45. The fraction of sp³-hybridized carbons (Fsp3) is 0.281. The molecule has 0 bridgehead atoms. The summed E-state index contributed by atoms with van der Waals surface area (Å²) in [6, 6.07) is 25.2. The van der Waals surface area contributed by atoms with Crippen LogP contribution in [0.1, 0.15) is 58.6 Å². The molecule has 0 aliphatic carbocycles. The molecule has 0 fully saturated rings. The van der Waals surface area contributed by atoms with Gasteiger partial charge in [-0.2, -0.15) is 0 Å². The molecule has 4 aromatic rings. The summed E-state index contributed by atoms with van der Waals surface area (Å²) in [6.45, 7) is 5.22. The Kier molecular flexibility index (Phi) is 8.06. The van der Waals surface area contributed by atoms with Crippen molar-refractivity contribution in [3.63, 3.8) is 0 Å². The summed E-state index contributed by atoms with van der Waals surface area (Å²) in [5.41, 5.74) is 4.29. The van der Waals surface area contributed by atoms with Crippen LogP contribution in [-0.4, -0.2) is 34.8 Å². The molecule has 1 aliphatic heterocycles. The van der Waals surface area contributed by atoms with Gasteiger partial charge in [-0.05, 0) is 59.5 Å². The zero-order valence-corrected chi connectivity index (χ0v) is 22.3. The first-order valence-electron chi connectivity index (χ1n) is 13.4. The SMILES string of the molecule is CC(C)C(=O)N1CCc2ccc(OCc3ccc(C(=O)NCCc4ccccn4)o3)cc2C1c1ccccc1. The van der Waals surface area contributed by atoms with E-state index in [2.05, 4.69) is 28.5 Å². The van der Waals surface area contributed by atoms with Crippen molar-refractivity contribution in [2.45, 2.75) is 39.3 Å². The first-order chi connectivity index (χ1) is 19.0. The van der Waals surface area contributed by atoms with E-state index in [1.165, 1.54) is 5.56 Å². The van der Waals surface area contributed by atoms with Crippen molar-refractivity contribution in [3.8, 4) is 5.75 Å². The van der Waals surface area contributed by atoms with Crippen LogP contribution >= 0.6 is 0 Å². The minimum atomic E-state index is -0.272. The van der Waals surface area contributed by atoms with E-state index in [-0.39, 0.29) is 36.1 Å². The number of hydrogen-bond donors (Lipinski definition) is 1. The summed E-state index contributed by atoms with van der Waals surface area (Å²) in [5, 5.41) is 2.86. The number of carbonyl (C=O) groups is 2. The lowest BCUT2D eigenvalue weighted by molar-refractivity contribution is -0.136. The minimum Gasteiger partial charge on any atom is -0.486 e. The average molecular weight is 524 g/mol. The number of ether oxygens (including phenoxy) is 1. The van der Waals surface area contributed by atoms with Gasteiger partial charge in [-0.15, -0.1) is 0 Å². The molecule has 0 saturated heterocycles. The molecule has 1 atom stereocenters. The minimum absolute atomic E-state index is 0.0856. The van der Waals surface area contributed by atoms with Gasteiger partial charge < -0.3 is 19.4 Å². The van der Waals surface area contributed by atoms with Crippen LogP contribution in [0.3, 0.4) is 0 Å².